The van der Waals surface area contributed by atoms with Gasteiger partial charge in [0, 0.05) is 29.2 Å². The van der Waals surface area contributed by atoms with Crippen molar-refractivity contribution in [3.63, 3.8) is 0 Å². The van der Waals surface area contributed by atoms with Crippen molar-refractivity contribution in [2.45, 2.75) is 19.0 Å². The molecule has 1 amide bonds. The Morgan fingerprint density at radius 1 is 1.63 bits per heavy atom. The first kappa shape index (κ1) is 14.5. The van der Waals surface area contributed by atoms with Gasteiger partial charge in [0.15, 0.2) is 0 Å². The first-order valence-corrected chi connectivity index (χ1v) is 6.98. The van der Waals surface area contributed by atoms with E-state index in [4.69, 9.17) is 10.6 Å². The number of nitrogens with one attached hydrogen (secondary N) is 1. The van der Waals surface area contributed by atoms with Crippen molar-refractivity contribution in [2.24, 2.45) is 5.84 Å². The molecule has 104 valence electrons. The fourth-order valence-corrected chi connectivity index (χ4v) is 2.67. The van der Waals surface area contributed by atoms with Gasteiger partial charge >= 0.3 is 0 Å². The maximum Gasteiger partial charge on any atom is 0.265 e. The number of carbonyl (C=O) groups excluding carboxylic acids is 1. The molecule has 1 heterocycles. The van der Waals surface area contributed by atoms with Crippen molar-refractivity contribution < 1.29 is 9.53 Å². The van der Waals surface area contributed by atoms with Gasteiger partial charge in [-0.15, -0.1) is 0 Å². The Balaban J connectivity index is 2.06. The number of hydrogen-bond acceptors (Lipinski definition) is 4. The highest BCUT2D eigenvalue weighted by atomic mass is 79.9. The third kappa shape index (κ3) is 3.54. The number of hydrogen-bond donors (Lipinski definition) is 2. The summed E-state index contributed by atoms with van der Waals surface area (Å²) in [6.45, 7) is 2.45. The van der Waals surface area contributed by atoms with E-state index in [9.17, 15) is 4.79 Å². The lowest BCUT2D eigenvalue weighted by molar-refractivity contribution is 0.0953. The lowest BCUT2D eigenvalue weighted by atomic mass is 10.1. The molecule has 0 radical (unpaired) electrons. The summed E-state index contributed by atoms with van der Waals surface area (Å²) in [6.07, 6.45) is 1.07. The second kappa shape index (κ2) is 6.47. The van der Waals surface area contributed by atoms with E-state index in [0.29, 0.717) is 11.6 Å². The molecule has 0 saturated carbocycles. The largest absolute Gasteiger partial charge is 0.380 e. The predicted octanol–water partition coefficient (Wildman–Crippen LogP) is 1.27. The number of hydrazine groups is 1. The number of rotatable bonds is 4. The minimum Gasteiger partial charge on any atom is -0.380 e. The first-order valence-electron chi connectivity index (χ1n) is 6.19. The maximum absolute atomic E-state index is 11.4. The first-order chi connectivity index (χ1) is 9.11. The van der Waals surface area contributed by atoms with Gasteiger partial charge in [0.1, 0.15) is 0 Å². The molecule has 0 bridgehead atoms. The maximum atomic E-state index is 11.4. The fourth-order valence-electron chi connectivity index (χ4n) is 2.17. The zero-order valence-electron chi connectivity index (χ0n) is 10.9. The van der Waals surface area contributed by atoms with Crippen LogP contribution in [-0.2, 0) is 11.3 Å². The molecule has 0 aliphatic carbocycles. The van der Waals surface area contributed by atoms with Gasteiger partial charge in [-0.1, -0.05) is 22.0 Å². The minimum atomic E-state index is -0.287. The molecule has 3 N–H and O–H groups in total. The lowest BCUT2D eigenvalue weighted by Gasteiger charge is -2.23. The lowest BCUT2D eigenvalue weighted by Crippen LogP contribution is -2.32. The number of ether oxygens (including phenoxy) is 1. The second-order valence-electron chi connectivity index (χ2n) is 4.71. The minimum absolute atomic E-state index is 0.287. The third-order valence-electron chi connectivity index (χ3n) is 3.40. The highest BCUT2D eigenvalue weighted by Crippen LogP contribution is 2.22. The summed E-state index contributed by atoms with van der Waals surface area (Å²) in [7, 11) is 2.09. The van der Waals surface area contributed by atoms with Crippen LogP contribution in [-0.4, -0.2) is 37.1 Å². The van der Waals surface area contributed by atoms with Gasteiger partial charge < -0.3 is 4.74 Å². The normalized spacial score (nSPS) is 18.8. The molecule has 19 heavy (non-hydrogen) atoms. The Labute approximate surface area is 121 Å². The van der Waals surface area contributed by atoms with Crippen molar-refractivity contribution in [2.75, 3.05) is 20.3 Å². The molecule has 1 unspecified atom stereocenters. The summed E-state index contributed by atoms with van der Waals surface area (Å²) >= 11 is 3.50. The molecule has 1 saturated heterocycles. The van der Waals surface area contributed by atoms with Crippen LogP contribution in [0.1, 0.15) is 22.3 Å². The Morgan fingerprint density at radius 2 is 2.42 bits per heavy atom. The molecule has 1 aliphatic rings. The van der Waals surface area contributed by atoms with E-state index in [2.05, 4.69) is 33.3 Å². The van der Waals surface area contributed by atoms with Crippen LogP contribution in [0.4, 0.5) is 0 Å². The number of nitrogens with two attached hydrogens (primary N) is 1. The van der Waals surface area contributed by atoms with Gasteiger partial charge in [0.25, 0.3) is 5.91 Å². The Kier molecular flexibility index (Phi) is 4.93. The van der Waals surface area contributed by atoms with E-state index in [1.807, 2.05) is 6.07 Å². The van der Waals surface area contributed by atoms with E-state index in [1.54, 1.807) is 12.1 Å². The molecule has 0 spiro atoms. The number of nitrogens with zero attached hydrogens (tertiary/aromatic N) is 1. The van der Waals surface area contributed by atoms with E-state index >= 15 is 0 Å². The molecule has 1 aliphatic heterocycles. The number of halogens is 1. The van der Waals surface area contributed by atoms with Crippen molar-refractivity contribution in [3.8, 4) is 0 Å². The van der Waals surface area contributed by atoms with Crippen LogP contribution in [0, 0.1) is 0 Å². The molecule has 1 atom stereocenters. The topological polar surface area (TPSA) is 67.6 Å². The van der Waals surface area contributed by atoms with Gasteiger partial charge in [0.2, 0.25) is 0 Å². The summed E-state index contributed by atoms with van der Waals surface area (Å²) in [5.41, 5.74) is 3.81. The summed E-state index contributed by atoms with van der Waals surface area (Å²) in [5, 5.41) is 0. The zero-order valence-corrected chi connectivity index (χ0v) is 12.4. The second-order valence-corrected chi connectivity index (χ2v) is 5.57. The molecule has 0 aromatic heterocycles. The fraction of sp³-hybridized carbons (Fsp3) is 0.462. The summed E-state index contributed by atoms with van der Waals surface area (Å²) in [5.74, 6) is 4.83. The zero-order chi connectivity index (χ0) is 13.8. The van der Waals surface area contributed by atoms with E-state index in [1.165, 1.54) is 0 Å². The van der Waals surface area contributed by atoms with Crippen molar-refractivity contribution in [1.82, 2.24) is 10.3 Å². The van der Waals surface area contributed by atoms with E-state index in [0.717, 1.165) is 36.2 Å². The Bertz CT molecular complexity index is 461. The van der Waals surface area contributed by atoms with Crippen LogP contribution in [0.5, 0.6) is 0 Å². The van der Waals surface area contributed by atoms with Gasteiger partial charge in [-0.3, -0.25) is 15.1 Å². The van der Waals surface area contributed by atoms with Gasteiger partial charge in [-0.2, -0.15) is 0 Å². The predicted molar refractivity (Wildman–Crippen MR) is 76.5 cm³/mol. The molecule has 1 aromatic carbocycles. The number of likely N-dealkylation sites (N-methyl/N-ethyl adjacent to an activating group) is 1. The summed E-state index contributed by atoms with van der Waals surface area (Å²) in [4.78, 5) is 13.7. The molecule has 2 rings (SSSR count). The van der Waals surface area contributed by atoms with Crippen LogP contribution >= 0.6 is 15.9 Å². The van der Waals surface area contributed by atoms with Crippen LogP contribution in [0.3, 0.4) is 0 Å². The number of amides is 1. The molecule has 1 fully saturated rings. The number of nitrogen functional groups attached to an aromatic ring is 1. The average molecular weight is 328 g/mol. The average Bonchev–Trinajstić information content (AvgIpc) is 2.94. The van der Waals surface area contributed by atoms with E-state index in [-0.39, 0.29) is 5.91 Å². The Morgan fingerprint density at radius 3 is 3.00 bits per heavy atom. The SMILES string of the molecule is CN(Cc1ccc(C(=O)NN)cc1Br)C1CCOC1. The van der Waals surface area contributed by atoms with Crippen LogP contribution in [0.25, 0.3) is 0 Å². The summed E-state index contributed by atoms with van der Waals surface area (Å²) in [6, 6.07) is 5.98. The Hall–Kier alpha value is -0.950. The van der Waals surface area contributed by atoms with Crippen LogP contribution in [0.15, 0.2) is 22.7 Å². The van der Waals surface area contributed by atoms with Crippen molar-refractivity contribution >= 4 is 21.8 Å². The molecule has 5 nitrogen and oxygen atoms in total. The summed E-state index contributed by atoms with van der Waals surface area (Å²) < 4.78 is 6.31. The quantitative estimate of drug-likeness (QED) is 0.496. The van der Waals surface area contributed by atoms with Crippen LogP contribution < -0.4 is 11.3 Å². The molecular formula is C13H18BrN3O2. The van der Waals surface area contributed by atoms with Crippen LogP contribution in [0.2, 0.25) is 0 Å². The van der Waals surface area contributed by atoms with Gasteiger partial charge in [-0.05, 0) is 31.2 Å². The number of carbonyl (C=O) groups is 1. The van der Waals surface area contributed by atoms with E-state index < -0.39 is 0 Å². The van der Waals surface area contributed by atoms with Gasteiger partial charge in [-0.25, -0.2) is 5.84 Å². The van der Waals surface area contributed by atoms with Crippen molar-refractivity contribution in [3.05, 3.63) is 33.8 Å². The molecule has 1 aromatic rings. The highest BCUT2D eigenvalue weighted by molar-refractivity contribution is 9.10. The number of benzene rings is 1. The highest BCUT2D eigenvalue weighted by Gasteiger charge is 2.20. The molecule has 6 heteroatoms. The van der Waals surface area contributed by atoms with Crippen molar-refractivity contribution in [1.29, 1.82) is 0 Å². The third-order valence-corrected chi connectivity index (χ3v) is 4.13. The standard InChI is InChI=1S/C13H18BrN3O2/c1-17(11-4-5-19-8-11)7-10-3-2-9(6-12(10)14)13(18)16-15/h2-3,6,11H,4-5,7-8,15H2,1H3,(H,16,18). The monoisotopic (exact) mass is 327 g/mol. The molecular weight excluding hydrogens is 310 g/mol. The smallest absolute Gasteiger partial charge is 0.265 e. The van der Waals surface area contributed by atoms with Gasteiger partial charge in [0.05, 0.1) is 6.61 Å².